The van der Waals surface area contributed by atoms with Crippen molar-refractivity contribution in [1.82, 2.24) is 9.88 Å². The first-order valence-corrected chi connectivity index (χ1v) is 7.27. The van der Waals surface area contributed by atoms with Crippen LogP contribution in [0.25, 0.3) is 0 Å². The number of carbonyl (C=O) groups is 2. The summed E-state index contributed by atoms with van der Waals surface area (Å²) in [6, 6.07) is 5.30. The van der Waals surface area contributed by atoms with Gasteiger partial charge in [0.15, 0.2) is 6.80 Å². The minimum absolute atomic E-state index is 0.110. The third-order valence-electron chi connectivity index (χ3n) is 3.03. The van der Waals surface area contributed by atoms with Crippen molar-refractivity contribution in [2.75, 3.05) is 12.6 Å². The molecule has 0 aromatic carbocycles. The lowest BCUT2D eigenvalue weighted by molar-refractivity contribution is -0.133. The minimum Gasteiger partial charge on any atom is -0.478 e. The number of pyridine rings is 1. The van der Waals surface area contributed by atoms with Crippen LogP contribution in [0.4, 0.5) is 4.39 Å². The molecule has 0 fully saturated rings. The van der Waals surface area contributed by atoms with Crippen molar-refractivity contribution < 1.29 is 24.2 Å². The van der Waals surface area contributed by atoms with Gasteiger partial charge in [-0.1, -0.05) is 6.07 Å². The molecule has 2 heterocycles. The number of rotatable bonds is 6. The van der Waals surface area contributed by atoms with Gasteiger partial charge in [-0.25, -0.2) is 19.0 Å². The first kappa shape index (κ1) is 16.0. The molecule has 6 nitrogen and oxygen atoms in total. The van der Waals surface area contributed by atoms with Gasteiger partial charge in [0, 0.05) is 30.3 Å². The summed E-state index contributed by atoms with van der Waals surface area (Å²) in [6.07, 6.45) is 2.51. The molecule has 0 radical (unpaired) electrons. The van der Waals surface area contributed by atoms with E-state index in [0.717, 1.165) is 11.1 Å². The molecule has 1 aromatic rings. The molecular formula is C14H13FN2O4S. The van der Waals surface area contributed by atoms with E-state index in [1.807, 2.05) is 0 Å². The average Bonchev–Trinajstić information content (AvgIpc) is 2.52. The normalized spacial score (nSPS) is 14.8. The molecule has 1 aromatic heterocycles. The Morgan fingerprint density at radius 2 is 2.09 bits per heavy atom. The molecule has 0 saturated heterocycles. The standard InChI is InChI=1S/C14H13FN2O4S/c15-8-17-6-9(13(18)19)5-10(14(20)21)11(17)7-22-12-3-1-2-4-16-12/h1-4,6H,5,7-8H2,(H,18,19)(H,20,21). The summed E-state index contributed by atoms with van der Waals surface area (Å²) < 4.78 is 13.2. The van der Waals surface area contributed by atoms with Crippen LogP contribution in [0.5, 0.6) is 0 Å². The minimum atomic E-state index is -1.26. The Labute approximate surface area is 130 Å². The summed E-state index contributed by atoms with van der Waals surface area (Å²) in [5.74, 6) is -2.32. The van der Waals surface area contributed by atoms with Crippen molar-refractivity contribution in [3.05, 3.63) is 47.4 Å². The molecule has 0 amide bonds. The van der Waals surface area contributed by atoms with Gasteiger partial charge in [0.1, 0.15) is 0 Å². The Hall–Kier alpha value is -2.35. The highest BCUT2D eigenvalue weighted by atomic mass is 32.2. The van der Waals surface area contributed by atoms with E-state index in [1.54, 1.807) is 24.4 Å². The number of aliphatic carboxylic acids is 2. The van der Waals surface area contributed by atoms with Gasteiger partial charge in [0.25, 0.3) is 0 Å². The number of hydrogen-bond acceptors (Lipinski definition) is 5. The highest BCUT2D eigenvalue weighted by Gasteiger charge is 2.27. The van der Waals surface area contributed by atoms with Crippen molar-refractivity contribution in [1.29, 1.82) is 0 Å². The molecule has 0 bridgehead atoms. The number of hydrogen-bond donors (Lipinski definition) is 2. The smallest absolute Gasteiger partial charge is 0.333 e. The maximum absolute atomic E-state index is 13.2. The molecule has 1 aliphatic rings. The fourth-order valence-electron chi connectivity index (χ4n) is 1.96. The third kappa shape index (κ3) is 3.64. The van der Waals surface area contributed by atoms with Crippen LogP contribution < -0.4 is 0 Å². The average molecular weight is 324 g/mol. The van der Waals surface area contributed by atoms with Crippen molar-refractivity contribution in [2.45, 2.75) is 11.4 Å². The number of nitrogens with zero attached hydrogens (tertiary/aromatic N) is 2. The van der Waals surface area contributed by atoms with Gasteiger partial charge >= 0.3 is 11.9 Å². The van der Waals surface area contributed by atoms with Gasteiger partial charge in [-0.2, -0.15) is 0 Å². The van der Waals surface area contributed by atoms with Crippen molar-refractivity contribution in [2.24, 2.45) is 0 Å². The molecule has 2 rings (SSSR count). The first-order valence-electron chi connectivity index (χ1n) is 6.28. The van der Waals surface area contributed by atoms with Gasteiger partial charge < -0.3 is 15.1 Å². The van der Waals surface area contributed by atoms with E-state index in [2.05, 4.69) is 4.98 Å². The number of aromatic nitrogens is 1. The topological polar surface area (TPSA) is 90.7 Å². The molecule has 2 N–H and O–H groups in total. The van der Waals surface area contributed by atoms with Crippen LogP contribution in [-0.4, -0.2) is 44.6 Å². The van der Waals surface area contributed by atoms with Crippen LogP contribution in [0.1, 0.15) is 6.42 Å². The van der Waals surface area contributed by atoms with Crippen molar-refractivity contribution in [3.63, 3.8) is 0 Å². The molecule has 0 aliphatic carbocycles. The second-order valence-corrected chi connectivity index (χ2v) is 5.41. The SMILES string of the molecule is O=C(O)C1=CN(CF)C(CSc2ccccn2)=C(C(=O)O)C1. The molecule has 1 aliphatic heterocycles. The van der Waals surface area contributed by atoms with Crippen LogP contribution in [0.2, 0.25) is 0 Å². The summed E-state index contributed by atoms with van der Waals surface area (Å²) in [7, 11) is 0. The summed E-state index contributed by atoms with van der Waals surface area (Å²) in [4.78, 5) is 27.5. The number of alkyl halides is 1. The Morgan fingerprint density at radius 3 is 2.64 bits per heavy atom. The molecule has 8 heteroatoms. The summed E-state index contributed by atoms with van der Waals surface area (Å²) in [5.41, 5.74) is -0.0155. The molecule has 22 heavy (non-hydrogen) atoms. The van der Waals surface area contributed by atoms with Crippen LogP contribution in [0.15, 0.2) is 52.5 Å². The second-order valence-electron chi connectivity index (χ2n) is 4.41. The van der Waals surface area contributed by atoms with Gasteiger partial charge in [-0.05, 0) is 12.1 Å². The zero-order chi connectivity index (χ0) is 16.1. The van der Waals surface area contributed by atoms with Crippen molar-refractivity contribution >= 4 is 23.7 Å². The van der Waals surface area contributed by atoms with E-state index in [1.165, 1.54) is 11.8 Å². The highest BCUT2D eigenvalue weighted by molar-refractivity contribution is 7.99. The first-order chi connectivity index (χ1) is 10.5. The largest absolute Gasteiger partial charge is 0.478 e. The van der Waals surface area contributed by atoms with Crippen LogP contribution >= 0.6 is 11.8 Å². The maximum Gasteiger partial charge on any atom is 0.333 e. The molecule has 0 atom stereocenters. The van der Waals surface area contributed by atoms with E-state index in [-0.39, 0.29) is 29.0 Å². The van der Waals surface area contributed by atoms with Crippen molar-refractivity contribution in [3.8, 4) is 0 Å². The summed E-state index contributed by atoms with van der Waals surface area (Å²) in [6.45, 7) is -0.994. The number of carboxylic acids is 2. The Balaban J connectivity index is 2.25. The Kier molecular flexibility index (Phi) is 5.16. The second kappa shape index (κ2) is 7.08. The lowest BCUT2D eigenvalue weighted by Crippen LogP contribution is -2.27. The van der Waals surface area contributed by atoms with Crippen LogP contribution in [0, 0.1) is 0 Å². The third-order valence-corrected chi connectivity index (χ3v) is 3.99. The zero-order valence-electron chi connectivity index (χ0n) is 11.4. The van der Waals surface area contributed by atoms with E-state index < -0.39 is 18.7 Å². The molecule has 0 spiro atoms. The molecule has 116 valence electrons. The van der Waals surface area contributed by atoms with E-state index in [4.69, 9.17) is 5.11 Å². The summed E-state index contributed by atoms with van der Waals surface area (Å²) in [5, 5.41) is 18.9. The van der Waals surface area contributed by atoms with E-state index >= 15 is 0 Å². The van der Waals surface area contributed by atoms with E-state index in [9.17, 15) is 19.1 Å². The molecular weight excluding hydrogens is 311 g/mol. The fourth-order valence-corrected chi connectivity index (χ4v) is 2.89. The zero-order valence-corrected chi connectivity index (χ0v) is 12.2. The predicted octanol–water partition coefficient (Wildman–Crippen LogP) is 2.11. The Morgan fingerprint density at radius 1 is 1.32 bits per heavy atom. The monoisotopic (exact) mass is 324 g/mol. The highest BCUT2D eigenvalue weighted by Crippen LogP contribution is 2.30. The lowest BCUT2D eigenvalue weighted by Gasteiger charge is -2.27. The lowest BCUT2D eigenvalue weighted by atomic mass is 10.0. The van der Waals surface area contributed by atoms with Gasteiger partial charge in [0.2, 0.25) is 0 Å². The van der Waals surface area contributed by atoms with Gasteiger partial charge in [-0.15, -0.1) is 11.8 Å². The maximum atomic E-state index is 13.2. The number of thioether (sulfide) groups is 1. The predicted molar refractivity (Wildman–Crippen MR) is 77.8 cm³/mol. The molecule has 0 unspecified atom stereocenters. The fraction of sp³-hybridized carbons (Fsp3) is 0.214. The Bertz CT molecular complexity index is 646. The molecule has 0 saturated carbocycles. The quantitative estimate of drug-likeness (QED) is 0.612. The van der Waals surface area contributed by atoms with Gasteiger partial charge in [-0.3, -0.25) is 0 Å². The summed E-state index contributed by atoms with van der Waals surface area (Å²) >= 11 is 1.26. The van der Waals surface area contributed by atoms with E-state index in [0.29, 0.717) is 5.03 Å². The number of halogens is 1. The van der Waals surface area contributed by atoms with Crippen LogP contribution in [0.3, 0.4) is 0 Å². The van der Waals surface area contributed by atoms with Gasteiger partial charge in [0.05, 0.1) is 16.2 Å². The number of carboxylic acid groups (broad SMARTS) is 2. The van der Waals surface area contributed by atoms with Crippen LogP contribution in [-0.2, 0) is 9.59 Å².